The summed E-state index contributed by atoms with van der Waals surface area (Å²) in [5.41, 5.74) is 5.91. The van der Waals surface area contributed by atoms with E-state index < -0.39 is 0 Å². The second-order valence-electron chi connectivity index (χ2n) is 4.03. The summed E-state index contributed by atoms with van der Waals surface area (Å²) in [5, 5.41) is 0. The minimum absolute atomic E-state index is 0.348. The number of hydrogen-bond acceptors (Lipinski definition) is 3. The van der Waals surface area contributed by atoms with E-state index in [0.717, 1.165) is 0 Å². The van der Waals surface area contributed by atoms with Gasteiger partial charge in [0.05, 0.1) is 9.83 Å². The summed E-state index contributed by atoms with van der Waals surface area (Å²) in [6.07, 6.45) is 2.35. The zero-order valence-corrected chi connectivity index (χ0v) is 12.6. The first-order valence-electron chi connectivity index (χ1n) is 5.81. The van der Waals surface area contributed by atoms with Gasteiger partial charge in [0.15, 0.2) is 0 Å². The van der Waals surface area contributed by atoms with Crippen LogP contribution in [0.1, 0.15) is 37.6 Å². The summed E-state index contributed by atoms with van der Waals surface area (Å²) < 4.78 is 1.18. The Morgan fingerprint density at radius 2 is 2.00 bits per heavy atom. The Kier molecular flexibility index (Phi) is 5.97. The summed E-state index contributed by atoms with van der Waals surface area (Å²) in [4.78, 5) is 3.77. The molecular weight excluding hydrogens is 284 g/mol. The molecule has 0 saturated carbocycles. The topological polar surface area (TPSA) is 29.3 Å². The lowest BCUT2D eigenvalue weighted by Crippen LogP contribution is -2.37. The third-order valence-corrected chi connectivity index (χ3v) is 4.88. The Morgan fingerprint density at radius 3 is 2.38 bits per heavy atom. The van der Waals surface area contributed by atoms with Crippen molar-refractivity contribution in [2.75, 3.05) is 13.6 Å². The number of nitrogens with two attached hydrogens (primary N) is 1. The summed E-state index contributed by atoms with van der Waals surface area (Å²) in [7, 11) is 2.18. The number of nitrogens with zero attached hydrogens (tertiary/aromatic N) is 1. The second kappa shape index (κ2) is 6.74. The molecule has 1 aromatic heterocycles. The van der Waals surface area contributed by atoms with Crippen molar-refractivity contribution >= 4 is 27.3 Å². The molecule has 0 fully saturated rings. The molecule has 2 N–H and O–H groups in total. The number of likely N-dealkylation sites (N-methyl/N-ethyl adjacent to an activating group) is 1. The van der Waals surface area contributed by atoms with Crippen LogP contribution in [-0.2, 0) is 0 Å². The van der Waals surface area contributed by atoms with Crippen molar-refractivity contribution in [1.29, 1.82) is 0 Å². The SMILES string of the molecule is CCC(CC)N(C)C(CN)c1ccc(Br)s1. The lowest BCUT2D eigenvalue weighted by atomic mass is 10.1. The van der Waals surface area contributed by atoms with E-state index in [1.165, 1.54) is 21.5 Å². The number of thiophene rings is 1. The number of hydrogen-bond donors (Lipinski definition) is 1. The van der Waals surface area contributed by atoms with E-state index in [0.29, 0.717) is 18.6 Å². The summed E-state index contributed by atoms with van der Waals surface area (Å²) >= 11 is 5.29. The predicted molar refractivity (Wildman–Crippen MR) is 75.9 cm³/mol. The van der Waals surface area contributed by atoms with Crippen molar-refractivity contribution in [2.24, 2.45) is 5.73 Å². The van der Waals surface area contributed by atoms with Gasteiger partial charge < -0.3 is 5.73 Å². The molecule has 4 heteroatoms. The van der Waals surface area contributed by atoms with Crippen LogP contribution >= 0.6 is 27.3 Å². The van der Waals surface area contributed by atoms with Crippen LogP contribution < -0.4 is 5.73 Å². The molecule has 0 aliphatic rings. The van der Waals surface area contributed by atoms with Crippen molar-refractivity contribution in [3.63, 3.8) is 0 Å². The van der Waals surface area contributed by atoms with Gasteiger partial charge in [0, 0.05) is 17.5 Å². The molecule has 1 atom stereocenters. The summed E-state index contributed by atoms with van der Waals surface area (Å²) in [6.45, 7) is 5.16. The van der Waals surface area contributed by atoms with E-state index in [9.17, 15) is 0 Å². The van der Waals surface area contributed by atoms with E-state index in [-0.39, 0.29) is 0 Å². The van der Waals surface area contributed by atoms with Crippen LogP contribution in [0.4, 0.5) is 0 Å². The number of rotatable bonds is 6. The molecule has 2 nitrogen and oxygen atoms in total. The van der Waals surface area contributed by atoms with Gasteiger partial charge in [-0.2, -0.15) is 0 Å². The van der Waals surface area contributed by atoms with E-state index >= 15 is 0 Å². The standard InChI is InChI=1S/C12H21BrN2S/c1-4-9(5-2)15(3)10(8-14)11-6-7-12(13)16-11/h6-7,9-10H,4-5,8,14H2,1-3H3. The van der Waals surface area contributed by atoms with Crippen LogP contribution in [0.15, 0.2) is 15.9 Å². The highest BCUT2D eigenvalue weighted by atomic mass is 79.9. The van der Waals surface area contributed by atoms with Gasteiger partial charge in [-0.3, -0.25) is 4.90 Å². The van der Waals surface area contributed by atoms with Gasteiger partial charge >= 0.3 is 0 Å². The minimum Gasteiger partial charge on any atom is -0.329 e. The Labute approximate surface area is 111 Å². The molecule has 1 rings (SSSR count). The number of halogens is 1. The van der Waals surface area contributed by atoms with Crippen molar-refractivity contribution in [2.45, 2.75) is 38.8 Å². The van der Waals surface area contributed by atoms with E-state index in [1.54, 1.807) is 11.3 Å². The monoisotopic (exact) mass is 304 g/mol. The van der Waals surface area contributed by atoms with Gasteiger partial charge in [0.1, 0.15) is 0 Å². The Morgan fingerprint density at radius 1 is 1.38 bits per heavy atom. The maximum Gasteiger partial charge on any atom is 0.0702 e. The van der Waals surface area contributed by atoms with Crippen molar-refractivity contribution in [3.05, 3.63) is 20.8 Å². The lowest BCUT2D eigenvalue weighted by molar-refractivity contribution is 0.170. The van der Waals surface area contributed by atoms with Gasteiger partial charge in [-0.25, -0.2) is 0 Å². The molecule has 1 unspecified atom stereocenters. The average molecular weight is 305 g/mol. The molecule has 0 aliphatic heterocycles. The Bertz CT molecular complexity index is 310. The van der Waals surface area contributed by atoms with Crippen molar-refractivity contribution in [1.82, 2.24) is 4.90 Å². The second-order valence-corrected chi connectivity index (χ2v) is 6.52. The van der Waals surface area contributed by atoms with Gasteiger partial charge in [-0.05, 0) is 48.0 Å². The van der Waals surface area contributed by atoms with Crippen LogP contribution in [0.5, 0.6) is 0 Å². The first-order valence-corrected chi connectivity index (χ1v) is 7.42. The van der Waals surface area contributed by atoms with Gasteiger partial charge in [-0.1, -0.05) is 13.8 Å². The molecule has 1 aromatic rings. The largest absolute Gasteiger partial charge is 0.329 e. The minimum atomic E-state index is 0.348. The fourth-order valence-corrected chi connectivity index (χ4v) is 3.70. The molecule has 0 bridgehead atoms. The fourth-order valence-electron chi connectivity index (χ4n) is 2.11. The van der Waals surface area contributed by atoms with Crippen LogP contribution in [-0.4, -0.2) is 24.5 Å². The van der Waals surface area contributed by atoms with E-state index in [4.69, 9.17) is 5.73 Å². The third kappa shape index (κ3) is 3.29. The smallest absolute Gasteiger partial charge is 0.0702 e. The molecule has 0 amide bonds. The van der Waals surface area contributed by atoms with Crippen LogP contribution in [0.3, 0.4) is 0 Å². The molecule has 0 radical (unpaired) electrons. The highest BCUT2D eigenvalue weighted by molar-refractivity contribution is 9.11. The third-order valence-electron chi connectivity index (χ3n) is 3.16. The zero-order valence-electron chi connectivity index (χ0n) is 10.2. The van der Waals surface area contributed by atoms with Crippen molar-refractivity contribution in [3.8, 4) is 0 Å². The quantitative estimate of drug-likeness (QED) is 0.869. The molecule has 1 heterocycles. The highest BCUT2D eigenvalue weighted by Gasteiger charge is 2.22. The Hall–Kier alpha value is 0.1000. The molecule has 0 saturated heterocycles. The Balaban J connectivity index is 2.81. The fraction of sp³-hybridized carbons (Fsp3) is 0.667. The predicted octanol–water partition coefficient (Wildman–Crippen LogP) is 3.63. The molecule has 0 aliphatic carbocycles. The summed E-state index contributed by atoms with van der Waals surface area (Å²) in [5.74, 6) is 0. The molecule has 0 spiro atoms. The first kappa shape index (κ1) is 14.2. The zero-order chi connectivity index (χ0) is 12.1. The lowest BCUT2D eigenvalue weighted by Gasteiger charge is -2.33. The normalized spacial score (nSPS) is 13.7. The molecular formula is C12H21BrN2S. The van der Waals surface area contributed by atoms with Crippen LogP contribution in [0, 0.1) is 0 Å². The van der Waals surface area contributed by atoms with Crippen LogP contribution in [0.25, 0.3) is 0 Å². The highest BCUT2D eigenvalue weighted by Crippen LogP contribution is 2.31. The first-order chi connectivity index (χ1) is 7.63. The summed E-state index contributed by atoms with van der Waals surface area (Å²) in [6, 6.07) is 5.24. The van der Waals surface area contributed by atoms with Gasteiger partial charge in [0.2, 0.25) is 0 Å². The van der Waals surface area contributed by atoms with Crippen molar-refractivity contribution < 1.29 is 0 Å². The average Bonchev–Trinajstić information content (AvgIpc) is 2.68. The van der Waals surface area contributed by atoms with Gasteiger partial charge in [0.25, 0.3) is 0 Å². The maximum absolute atomic E-state index is 5.91. The van der Waals surface area contributed by atoms with E-state index in [1.807, 2.05) is 0 Å². The maximum atomic E-state index is 5.91. The molecule has 16 heavy (non-hydrogen) atoms. The van der Waals surface area contributed by atoms with E-state index in [2.05, 4.69) is 53.9 Å². The van der Waals surface area contributed by atoms with Gasteiger partial charge in [-0.15, -0.1) is 11.3 Å². The molecule has 0 aromatic carbocycles. The van der Waals surface area contributed by atoms with Crippen LogP contribution in [0.2, 0.25) is 0 Å². The molecule has 92 valence electrons.